The molecule has 0 amide bonds. The van der Waals surface area contributed by atoms with Crippen LogP contribution in [-0.2, 0) is 13.2 Å². The molecule has 2 rings (SSSR count). The van der Waals surface area contributed by atoms with Gasteiger partial charge in [0, 0.05) is 23.9 Å². The number of nitrogens with zero attached hydrogens (tertiary/aromatic N) is 1. The molecule has 5 heteroatoms. The Labute approximate surface area is 123 Å². The van der Waals surface area contributed by atoms with Crippen molar-refractivity contribution in [3.63, 3.8) is 0 Å². The van der Waals surface area contributed by atoms with E-state index in [1.54, 1.807) is 6.07 Å². The zero-order valence-corrected chi connectivity index (χ0v) is 11.9. The van der Waals surface area contributed by atoms with Crippen molar-refractivity contribution in [2.24, 2.45) is 0 Å². The lowest BCUT2D eigenvalue weighted by atomic mass is 10.2. The molecule has 0 aliphatic carbocycles. The van der Waals surface area contributed by atoms with Gasteiger partial charge in [-0.2, -0.15) is 0 Å². The van der Waals surface area contributed by atoms with E-state index in [1.807, 2.05) is 6.07 Å². The van der Waals surface area contributed by atoms with Crippen LogP contribution < -0.4 is 10.1 Å². The summed E-state index contributed by atoms with van der Waals surface area (Å²) in [7, 11) is 0. The minimum Gasteiger partial charge on any atom is -0.485 e. The Balaban J connectivity index is 2.07. The molecule has 0 aliphatic rings. The lowest BCUT2D eigenvalue weighted by Crippen LogP contribution is -2.15. The number of aromatic nitrogens is 1. The average Bonchev–Trinajstić information content (AvgIpc) is 2.47. The highest BCUT2D eigenvalue weighted by Gasteiger charge is 2.10. The largest absolute Gasteiger partial charge is 0.485 e. The molecule has 21 heavy (non-hydrogen) atoms. The predicted octanol–water partition coefficient (Wildman–Crippen LogP) is 3.44. The van der Waals surface area contributed by atoms with Gasteiger partial charge in [-0.25, -0.2) is 8.78 Å². The molecule has 0 spiro atoms. The van der Waals surface area contributed by atoms with E-state index in [1.165, 1.54) is 18.3 Å². The van der Waals surface area contributed by atoms with Crippen molar-refractivity contribution in [2.45, 2.75) is 26.5 Å². The highest BCUT2D eigenvalue weighted by Crippen LogP contribution is 2.23. The molecule has 0 radical (unpaired) electrons. The van der Waals surface area contributed by atoms with Gasteiger partial charge in [0.05, 0.1) is 6.20 Å². The second-order valence-corrected chi connectivity index (χ2v) is 4.70. The Bertz CT molecular complexity index is 590. The molecule has 0 bridgehead atoms. The fourth-order valence-electron chi connectivity index (χ4n) is 1.94. The Morgan fingerprint density at radius 1 is 1.24 bits per heavy atom. The maximum Gasteiger partial charge on any atom is 0.165 e. The number of benzene rings is 1. The third-order valence-corrected chi connectivity index (χ3v) is 2.94. The molecule has 3 nitrogen and oxygen atoms in total. The molecule has 1 aromatic carbocycles. The molecule has 1 heterocycles. The van der Waals surface area contributed by atoms with Gasteiger partial charge in [-0.05, 0) is 25.1 Å². The summed E-state index contributed by atoms with van der Waals surface area (Å²) in [6, 6.07) is 6.13. The first-order chi connectivity index (χ1) is 10.2. The van der Waals surface area contributed by atoms with Crippen molar-refractivity contribution in [3.05, 3.63) is 59.4 Å². The van der Waals surface area contributed by atoms with Crippen molar-refractivity contribution in [2.75, 3.05) is 6.54 Å². The quantitative estimate of drug-likeness (QED) is 0.794. The molecule has 0 saturated heterocycles. The second kappa shape index (κ2) is 7.69. The summed E-state index contributed by atoms with van der Waals surface area (Å²) in [5.41, 5.74) is 1.30. The highest BCUT2D eigenvalue weighted by atomic mass is 19.1. The Hall–Kier alpha value is -2.01. The summed E-state index contributed by atoms with van der Waals surface area (Å²) in [5, 5.41) is 3.21. The second-order valence-electron chi connectivity index (χ2n) is 4.70. The first kappa shape index (κ1) is 15.4. The van der Waals surface area contributed by atoms with Gasteiger partial charge >= 0.3 is 0 Å². The van der Waals surface area contributed by atoms with Crippen LogP contribution in [0.3, 0.4) is 0 Å². The standard InChI is InChI=1S/C16H18F2N2O/c1-2-6-19-9-13-4-3-5-15(18)16(13)21-11-12-7-14(17)10-20-8-12/h3-5,7-8,10,19H,2,6,9,11H2,1H3. The molecular formula is C16H18F2N2O. The van der Waals surface area contributed by atoms with E-state index in [9.17, 15) is 8.78 Å². The Morgan fingerprint density at radius 2 is 2.10 bits per heavy atom. The Morgan fingerprint density at radius 3 is 2.86 bits per heavy atom. The molecule has 0 fully saturated rings. The number of hydrogen-bond donors (Lipinski definition) is 1. The van der Waals surface area contributed by atoms with Crippen molar-refractivity contribution >= 4 is 0 Å². The number of rotatable bonds is 7. The lowest BCUT2D eigenvalue weighted by molar-refractivity contribution is 0.285. The number of halogens is 2. The lowest BCUT2D eigenvalue weighted by Gasteiger charge is -2.13. The van der Waals surface area contributed by atoms with Crippen molar-refractivity contribution in [1.29, 1.82) is 0 Å². The van der Waals surface area contributed by atoms with Gasteiger partial charge in [-0.15, -0.1) is 0 Å². The van der Waals surface area contributed by atoms with E-state index in [4.69, 9.17) is 4.74 Å². The zero-order valence-electron chi connectivity index (χ0n) is 11.9. The van der Waals surface area contributed by atoms with Crippen LogP contribution in [0.25, 0.3) is 0 Å². The van der Waals surface area contributed by atoms with Crippen LogP contribution in [0.1, 0.15) is 24.5 Å². The third kappa shape index (κ3) is 4.49. The monoisotopic (exact) mass is 292 g/mol. The van der Waals surface area contributed by atoms with Crippen molar-refractivity contribution in [1.82, 2.24) is 10.3 Å². The van der Waals surface area contributed by atoms with Crippen LogP contribution in [0.2, 0.25) is 0 Å². The normalized spacial score (nSPS) is 10.6. The van der Waals surface area contributed by atoms with E-state index < -0.39 is 11.6 Å². The first-order valence-electron chi connectivity index (χ1n) is 6.91. The Kier molecular flexibility index (Phi) is 5.63. The van der Waals surface area contributed by atoms with Crippen molar-refractivity contribution in [3.8, 4) is 5.75 Å². The number of pyridine rings is 1. The summed E-state index contributed by atoms with van der Waals surface area (Å²) in [5.74, 6) is -0.657. The molecule has 1 N–H and O–H groups in total. The molecule has 2 aromatic rings. The summed E-state index contributed by atoms with van der Waals surface area (Å²) >= 11 is 0. The molecule has 0 atom stereocenters. The van der Waals surface area contributed by atoms with Gasteiger partial charge in [-0.1, -0.05) is 19.1 Å². The van der Waals surface area contributed by atoms with E-state index >= 15 is 0 Å². The van der Waals surface area contributed by atoms with Crippen LogP contribution >= 0.6 is 0 Å². The van der Waals surface area contributed by atoms with Crippen LogP contribution in [0.15, 0.2) is 36.7 Å². The molecule has 0 unspecified atom stereocenters. The van der Waals surface area contributed by atoms with E-state index in [0.717, 1.165) is 24.7 Å². The minimum atomic E-state index is -0.436. The summed E-state index contributed by atoms with van der Waals surface area (Å²) in [6.07, 6.45) is 3.62. The fourth-order valence-corrected chi connectivity index (χ4v) is 1.94. The van der Waals surface area contributed by atoms with Crippen LogP contribution in [0, 0.1) is 11.6 Å². The molecule has 112 valence electrons. The molecular weight excluding hydrogens is 274 g/mol. The summed E-state index contributed by atoms with van der Waals surface area (Å²) in [4.78, 5) is 3.74. The number of ether oxygens (including phenoxy) is 1. The number of nitrogens with one attached hydrogen (secondary N) is 1. The topological polar surface area (TPSA) is 34.1 Å². The molecule has 1 aromatic heterocycles. The highest BCUT2D eigenvalue weighted by molar-refractivity contribution is 5.35. The van der Waals surface area contributed by atoms with Gasteiger partial charge in [0.1, 0.15) is 12.4 Å². The summed E-state index contributed by atoms with van der Waals surface area (Å²) in [6.45, 7) is 3.52. The maximum absolute atomic E-state index is 13.9. The van der Waals surface area contributed by atoms with E-state index in [2.05, 4.69) is 17.2 Å². The zero-order chi connectivity index (χ0) is 15.1. The predicted molar refractivity (Wildman–Crippen MR) is 76.9 cm³/mol. The molecule has 0 aliphatic heterocycles. The first-order valence-corrected chi connectivity index (χ1v) is 6.91. The smallest absolute Gasteiger partial charge is 0.165 e. The maximum atomic E-state index is 13.9. The van der Waals surface area contributed by atoms with E-state index in [0.29, 0.717) is 12.1 Å². The van der Waals surface area contributed by atoms with Crippen LogP contribution in [0.4, 0.5) is 8.78 Å². The van der Waals surface area contributed by atoms with Gasteiger partial charge in [-0.3, -0.25) is 4.98 Å². The average molecular weight is 292 g/mol. The minimum absolute atomic E-state index is 0.0759. The van der Waals surface area contributed by atoms with E-state index in [-0.39, 0.29) is 12.4 Å². The molecule has 0 saturated carbocycles. The van der Waals surface area contributed by atoms with Crippen LogP contribution in [-0.4, -0.2) is 11.5 Å². The fraction of sp³-hybridized carbons (Fsp3) is 0.312. The SMILES string of the molecule is CCCNCc1cccc(F)c1OCc1cncc(F)c1. The number of para-hydroxylation sites is 1. The van der Waals surface area contributed by atoms with Gasteiger partial charge in [0.25, 0.3) is 0 Å². The van der Waals surface area contributed by atoms with Gasteiger partial charge in [0.2, 0.25) is 0 Å². The number of hydrogen-bond acceptors (Lipinski definition) is 3. The van der Waals surface area contributed by atoms with Crippen LogP contribution in [0.5, 0.6) is 5.75 Å². The third-order valence-electron chi connectivity index (χ3n) is 2.94. The van der Waals surface area contributed by atoms with Gasteiger partial charge in [0.15, 0.2) is 11.6 Å². The summed E-state index contributed by atoms with van der Waals surface area (Å²) < 4.78 is 32.5. The van der Waals surface area contributed by atoms with Gasteiger partial charge < -0.3 is 10.1 Å². The van der Waals surface area contributed by atoms with Crippen molar-refractivity contribution < 1.29 is 13.5 Å².